The van der Waals surface area contributed by atoms with E-state index in [9.17, 15) is 22.4 Å². The van der Waals surface area contributed by atoms with Crippen molar-refractivity contribution in [1.82, 2.24) is 4.31 Å². The first-order valence-electron chi connectivity index (χ1n) is 10.9. The van der Waals surface area contributed by atoms with Crippen LogP contribution in [-0.2, 0) is 19.6 Å². The lowest BCUT2D eigenvalue weighted by Crippen LogP contribution is -2.48. The average molecular weight is 498 g/mol. The molecule has 1 atom stereocenters. The number of hydrogen-bond donors (Lipinski definition) is 1. The zero-order chi connectivity index (χ0) is 25.0. The van der Waals surface area contributed by atoms with Crippen LogP contribution in [0.5, 0.6) is 0 Å². The number of amides is 1. The molecule has 35 heavy (non-hydrogen) atoms. The van der Waals surface area contributed by atoms with Gasteiger partial charge in [0.25, 0.3) is 5.91 Å². The molecule has 0 aromatic heterocycles. The minimum absolute atomic E-state index is 0.0156. The van der Waals surface area contributed by atoms with Crippen molar-refractivity contribution in [2.75, 3.05) is 31.1 Å². The Morgan fingerprint density at radius 3 is 2.17 bits per heavy atom. The van der Waals surface area contributed by atoms with E-state index in [0.717, 1.165) is 5.69 Å². The molecule has 1 aliphatic heterocycles. The molecule has 10 heteroatoms. The summed E-state index contributed by atoms with van der Waals surface area (Å²) in [6.45, 7) is 1.33. The summed E-state index contributed by atoms with van der Waals surface area (Å²) in [4.78, 5) is 26.5. The fourth-order valence-electron chi connectivity index (χ4n) is 3.86. The summed E-state index contributed by atoms with van der Waals surface area (Å²) in [5.41, 5.74) is 6.62. The molecule has 3 aromatic rings. The summed E-state index contributed by atoms with van der Waals surface area (Å²) in [5.74, 6) is -2.04. The molecule has 3 aromatic carbocycles. The van der Waals surface area contributed by atoms with E-state index in [1.165, 1.54) is 40.7 Å². The van der Waals surface area contributed by atoms with Gasteiger partial charge in [-0.3, -0.25) is 4.79 Å². The van der Waals surface area contributed by atoms with E-state index < -0.39 is 28.0 Å². The predicted molar refractivity (Wildman–Crippen MR) is 128 cm³/mol. The average Bonchev–Trinajstić information content (AvgIpc) is 2.88. The number of esters is 1. The fourth-order valence-corrected chi connectivity index (χ4v) is 5.33. The summed E-state index contributed by atoms with van der Waals surface area (Å²) in [6, 6.07) is 19.9. The summed E-state index contributed by atoms with van der Waals surface area (Å²) >= 11 is 0. The minimum Gasteiger partial charge on any atom is -0.444 e. The van der Waals surface area contributed by atoms with Gasteiger partial charge < -0.3 is 15.4 Å². The number of sulfonamides is 1. The van der Waals surface area contributed by atoms with Gasteiger partial charge >= 0.3 is 5.97 Å². The Hall–Kier alpha value is -3.76. The quantitative estimate of drug-likeness (QED) is 0.503. The van der Waals surface area contributed by atoms with Gasteiger partial charge in [0, 0.05) is 37.4 Å². The predicted octanol–water partition coefficient (Wildman–Crippen LogP) is 2.72. The molecule has 0 aliphatic carbocycles. The van der Waals surface area contributed by atoms with Crippen LogP contribution >= 0.6 is 0 Å². The van der Waals surface area contributed by atoms with Crippen molar-refractivity contribution in [2.45, 2.75) is 11.0 Å². The molecule has 0 bridgehead atoms. The molecule has 1 saturated heterocycles. The molecule has 182 valence electrons. The first-order valence-corrected chi connectivity index (χ1v) is 12.4. The highest BCUT2D eigenvalue weighted by Crippen LogP contribution is 2.24. The van der Waals surface area contributed by atoms with E-state index in [2.05, 4.69) is 0 Å². The summed E-state index contributed by atoms with van der Waals surface area (Å²) in [6.07, 6.45) is -1.30. The number of benzene rings is 3. The van der Waals surface area contributed by atoms with Gasteiger partial charge in [-0.05, 0) is 42.5 Å². The minimum atomic E-state index is -3.88. The number of nitrogens with two attached hydrogens (primary N) is 1. The van der Waals surface area contributed by atoms with Gasteiger partial charge in [0.2, 0.25) is 16.1 Å². The normalized spacial score (nSPS) is 15.4. The second-order valence-electron chi connectivity index (χ2n) is 7.99. The number of ether oxygens (including phenoxy) is 1. The Labute approximate surface area is 202 Å². The molecule has 1 unspecified atom stereocenters. The molecular weight excluding hydrogens is 473 g/mol. The molecule has 0 radical (unpaired) electrons. The van der Waals surface area contributed by atoms with E-state index in [1.54, 1.807) is 42.5 Å². The molecule has 1 heterocycles. The fraction of sp³-hybridized carbons (Fsp3) is 0.200. The third-order valence-corrected chi connectivity index (χ3v) is 7.62. The van der Waals surface area contributed by atoms with Gasteiger partial charge in [-0.2, -0.15) is 4.31 Å². The summed E-state index contributed by atoms with van der Waals surface area (Å²) in [5, 5.41) is 0. The van der Waals surface area contributed by atoms with Crippen LogP contribution in [0, 0.1) is 5.82 Å². The van der Waals surface area contributed by atoms with Crippen molar-refractivity contribution in [2.24, 2.45) is 5.73 Å². The number of hydrogen-bond acceptors (Lipinski definition) is 6. The molecule has 0 spiro atoms. The van der Waals surface area contributed by atoms with Crippen LogP contribution < -0.4 is 10.6 Å². The van der Waals surface area contributed by atoms with Crippen LogP contribution in [0.1, 0.15) is 22.0 Å². The first kappa shape index (κ1) is 24.4. The molecule has 1 fully saturated rings. The van der Waals surface area contributed by atoms with E-state index >= 15 is 0 Å². The lowest BCUT2D eigenvalue weighted by molar-refractivity contribution is -0.127. The highest BCUT2D eigenvalue weighted by atomic mass is 32.2. The van der Waals surface area contributed by atoms with E-state index in [0.29, 0.717) is 18.7 Å². The maximum absolute atomic E-state index is 13.2. The number of anilines is 1. The summed E-state index contributed by atoms with van der Waals surface area (Å²) in [7, 11) is -3.88. The molecule has 0 saturated carbocycles. The van der Waals surface area contributed by atoms with Crippen molar-refractivity contribution in [3.8, 4) is 0 Å². The number of rotatable bonds is 7. The maximum atomic E-state index is 13.2. The maximum Gasteiger partial charge on any atom is 0.339 e. The van der Waals surface area contributed by atoms with Crippen LogP contribution in [0.2, 0.25) is 0 Å². The number of nitrogens with zero attached hydrogens (tertiary/aromatic N) is 2. The van der Waals surface area contributed by atoms with Crippen LogP contribution in [0.3, 0.4) is 0 Å². The van der Waals surface area contributed by atoms with Crippen LogP contribution in [-0.4, -0.2) is 50.8 Å². The number of piperazine rings is 1. The third-order valence-electron chi connectivity index (χ3n) is 5.72. The Kier molecular flexibility index (Phi) is 7.13. The molecule has 1 amide bonds. The Balaban J connectivity index is 1.47. The van der Waals surface area contributed by atoms with Crippen LogP contribution in [0.15, 0.2) is 83.8 Å². The SMILES string of the molecule is NC(=O)C(OC(=O)c1cccc(S(=O)(=O)N2CCN(c3ccc(F)cc3)CC2)c1)c1ccccc1. The number of primary amides is 1. The van der Waals surface area contributed by atoms with E-state index in [4.69, 9.17) is 10.5 Å². The lowest BCUT2D eigenvalue weighted by atomic mass is 10.1. The van der Waals surface area contributed by atoms with Crippen molar-refractivity contribution >= 4 is 27.6 Å². The smallest absolute Gasteiger partial charge is 0.339 e. The Morgan fingerprint density at radius 1 is 0.886 bits per heavy atom. The Morgan fingerprint density at radius 2 is 1.54 bits per heavy atom. The van der Waals surface area contributed by atoms with Crippen molar-refractivity contribution in [3.05, 3.63) is 95.8 Å². The summed E-state index contributed by atoms with van der Waals surface area (Å²) < 4.78 is 46.3. The number of halogens is 1. The van der Waals surface area contributed by atoms with Gasteiger partial charge in [-0.15, -0.1) is 0 Å². The molecule has 1 aliphatic rings. The molecule has 4 rings (SSSR count). The topological polar surface area (TPSA) is 110 Å². The van der Waals surface area contributed by atoms with Gasteiger partial charge in [0.15, 0.2) is 0 Å². The second kappa shape index (κ2) is 10.2. The standard InChI is InChI=1S/C25H24FN3O5S/c26-20-9-11-21(12-10-20)28-13-15-29(16-14-28)35(32,33)22-8-4-7-19(17-22)25(31)34-23(24(27)30)18-5-2-1-3-6-18/h1-12,17,23H,13-16H2,(H2,27,30). The largest absolute Gasteiger partial charge is 0.444 e. The Bertz CT molecular complexity index is 1310. The highest BCUT2D eigenvalue weighted by Gasteiger charge is 2.30. The van der Waals surface area contributed by atoms with Crippen molar-refractivity contribution in [3.63, 3.8) is 0 Å². The van der Waals surface area contributed by atoms with Gasteiger partial charge in [0.05, 0.1) is 10.5 Å². The number of carbonyl (C=O) groups excluding carboxylic acids is 2. The van der Waals surface area contributed by atoms with Crippen LogP contribution in [0.4, 0.5) is 10.1 Å². The van der Waals surface area contributed by atoms with Crippen molar-refractivity contribution < 1.29 is 27.1 Å². The highest BCUT2D eigenvalue weighted by molar-refractivity contribution is 7.89. The molecule has 2 N–H and O–H groups in total. The van der Waals surface area contributed by atoms with Gasteiger partial charge in [-0.25, -0.2) is 17.6 Å². The third kappa shape index (κ3) is 5.50. The monoisotopic (exact) mass is 497 g/mol. The van der Waals surface area contributed by atoms with Gasteiger partial charge in [0.1, 0.15) is 5.82 Å². The molecular formula is C25H24FN3O5S. The zero-order valence-corrected chi connectivity index (χ0v) is 19.5. The van der Waals surface area contributed by atoms with E-state index in [-0.39, 0.29) is 29.4 Å². The molecule has 8 nitrogen and oxygen atoms in total. The van der Waals surface area contributed by atoms with Crippen molar-refractivity contribution in [1.29, 1.82) is 0 Å². The first-order chi connectivity index (χ1) is 16.8. The number of carbonyl (C=O) groups is 2. The van der Waals surface area contributed by atoms with Gasteiger partial charge in [-0.1, -0.05) is 36.4 Å². The van der Waals surface area contributed by atoms with E-state index in [1.807, 2.05) is 4.90 Å². The van der Waals surface area contributed by atoms with Crippen LogP contribution in [0.25, 0.3) is 0 Å². The lowest BCUT2D eigenvalue weighted by Gasteiger charge is -2.35. The zero-order valence-electron chi connectivity index (χ0n) is 18.7. The second-order valence-corrected chi connectivity index (χ2v) is 9.93.